The number of aromatic nitrogens is 2. The van der Waals surface area contributed by atoms with Gasteiger partial charge in [-0.25, -0.2) is 0 Å². The molecule has 0 aliphatic rings. The van der Waals surface area contributed by atoms with Crippen LogP contribution < -0.4 is 5.32 Å². The summed E-state index contributed by atoms with van der Waals surface area (Å²) in [6, 6.07) is 8.61. The van der Waals surface area contributed by atoms with Crippen molar-refractivity contribution in [3.05, 3.63) is 30.0 Å². The van der Waals surface area contributed by atoms with E-state index in [9.17, 15) is 0 Å². The van der Waals surface area contributed by atoms with E-state index in [0.717, 1.165) is 32.0 Å². The van der Waals surface area contributed by atoms with Gasteiger partial charge in [-0.15, -0.1) is 0 Å². The fourth-order valence-corrected chi connectivity index (χ4v) is 3.12. The van der Waals surface area contributed by atoms with Crippen molar-refractivity contribution in [3.8, 4) is 0 Å². The zero-order valence-electron chi connectivity index (χ0n) is 13.9. The Kier molecular flexibility index (Phi) is 5.80. The van der Waals surface area contributed by atoms with E-state index in [0.29, 0.717) is 5.92 Å². The number of nitrogens with one attached hydrogen (secondary N) is 1. The smallest absolute Gasteiger partial charge is 0.0706 e. The van der Waals surface area contributed by atoms with Gasteiger partial charge in [0.15, 0.2) is 0 Å². The highest BCUT2D eigenvalue weighted by Crippen LogP contribution is 2.23. The van der Waals surface area contributed by atoms with Crippen LogP contribution in [0.3, 0.4) is 0 Å². The van der Waals surface area contributed by atoms with E-state index >= 15 is 0 Å². The molecule has 0 aliphatic heterocycles. The predicted molar refractivity (Wildman–Crippen MR) is 90.6 cm³/mol. The first-order valence-electron chi connectivity index (χ1n) is 8.30. The molecule has 1 aromatic heterocycles. The van der Waals surface area contributed by atoms with Crippen LogP contribution in [0.15, 0.2) is 24.3 Å². The van der Waals surface area contributed by atoms with E-state index in [1.807, 2.05) is 0 Å². The van der Waals surface area contributed by atoms with Gasteiger partial charge in [0.25, 0.3) is 0 Å². The number of benzene rings is 1. The fourth-order valence-electron chi connectivity index (χ4n) is 3.12. The molecule has 0 spiro atoms. The van der Waals surface area contributed by atoms with Gasteiger partial charge in [-0.05, 0) is 50.8 Å². The number of hydrogen-bond donors (Lipinski definition) is 1. The van der Waals surface area contributed by atoms with Crippen molar-refractivity contribution in [2.75, 3.05) is 13.1 Å². The number of hydrogen-bond acceptors (Lipinski definition) is 2. The number of fused-ring (bicyclic) bond motifs is 1. The van der Waals surface area contributed by atoms with Crippen molar-refractivity contribution < 1.29 is 0 Å². The molecule has 2 rings (SSSR count). The molecule has 0 amide bonds. The molecule has 3 nitrogen and oxygen atoms in total. The molecule has 116 valence electrons. The molecule has 0 saturated heterocycles. The quantitative estimate of drug-likeness (QED) is 0.798. The van der Waals surface area contributed by atoms with E-state index in [2.05, 4.69) is 62.0 Å². The summed E-state index contributed by atoms with van der Waals surface area (Å²) < 4.78 is 2.13. The maximum absolute atomic E-state index is 4.85. The molecule has 2 aromatic rings. The Balaban J connectivity index is 2.23. The lowest BCUT2D eigenvalue weighted by Crippen LogP contribution is -2.25. The summed E-state index contributed by atoms with van der Waals surface area (Å²) in [5, 5.41) is 9.68. The Labute approximate surface area is 128 Å². The second kappa shape index (κ2) is 7.60. The van der Waals surface area contributed by atoms with E-state index < -0.39 is 0 Å². The van der Waals surface area contributed by atoms with Crippen LogP contribution in [0.5, 0.6) is 0 Å². The third-order valence-corrected chi connectivity index (χ3v) is 4.00. The lowest BCUT2D eigenvalue weighted by molar-refractivity contribution is 0.385. The topological polar surface area (TPSA) is 29.9 Å². The van der Waals surface area contributed by atoms with Gasteiger partial charge in [-0.2, -0.15) is 5.10 Å². The van der Waals surface area contributed by atoms with E-state index in [4.69, 9.17) is 5.10 Å². The lowest BCUT2D eigenvalue weighted by atomic mass is 9.92. The van der Waals surface area contributed by atoms with Gasteiger partial charge in [0, 0.05) is 11.9 Å². The zero-order valence-corrected chi connectivity index (χ0v) is 13.9. The van der Waals surface area contributed by atoms with Crippen LogP contribution in [0, 0.1) is 11.8 Å². The van der Waals surface area contributed by atoms with Crippen LogP contribution in [0.25, 0.3) is 10.9 Å². The van der Waals surface area contributed by atoms with Gasteiger partial charge in [0.2, 0.25) is 0 Å². The molecule has 1 aromatic carbocycles. The number of aryl methyl sites for hydroxylation is 1. The molecule has 0 radical (unpaired) electrons. The number of rotatable bonds is 8. The summed E-state index contributed by atoms with van der Waals surface area (Å²) in [5.74, 6) is 1.39. The number of para-hydroxylation sites is 1. The van der Waals surface area contributed by atoms with Crippen molar-refractivity contribution >= 4 is 10.9 Å². The zero-order chi connectivity index (χ0) is 15.2. The Hall–Kier alpha value is -1.35. The standard InChI is InChI=1S/C18H29N3/c1-5-19-13-15(11-14(3)4)12-17-16-9-7-8-10-18(16)21(6-2)20-17/h7-10,14-15,19H,5-6,11-13H2,1-4H3. The minimum atomic E-state index is 0.661. The Morgan fingerprint density at radius 3 is 2.62 bits per heavy atom. The molecule has 0 saturated carbocycles. The van der Waals surface area contributed by atoms with Crippen molar-refractivity contribution in [1.29, 1.82) is 0 Å². The minimum absolute atomic E-state index is 0.661. The minimum Gasteiger partial charge on any atom is -0.317 e. The molecular formula is C18H29N3. The van der Waals surface area contributed by atoms with Gasteiger partial charge in [-0.1, -0.05) is 39.0 Å². The first-order valence-corrected chi connectivity index (χ1v) is 8.30. The monoisotopic (exact) mass is 287 g/mol. The summed E-state index contributed by atoms with van der Waals surface area (Å²) in [6.45, 7) is 12.0. The van der Waals surface area contributed by atoms with Crippen LogP contribution in [0.2, 0.25) is 0 Å². The molecule has 1 unspecified atom stereocenters. The summed E-state index contributed by atoms with van der Waals surface area (Å²) >= 11 is 0. The van der Waals surface area contributed by atoms with Crippen LogP contribution in [-0.4, -0.2) is 22.9 Å². The average molecular weight is 287 g/mol. The van der Waals surface area contributed by atoms with Crippen molar-refractivity contribution in [2.45, 2.75) is 47.1 Å². The second-order valence-corrected chi connectivity index (χ2v) is 6.29. The molecule has 21 heavy (non-hydrogen) atoms. The number of nitrogens with zero attached hydrogens (tertiary/aromatic N) is 2. The van der Waals surface area contributed by atoms with Crippen LogP contribution in [-0.2, 0) is 13.0 Å². The largest absolute Gasteiger partial charge is 0.317 e. The molecule has 0 aliphatic carbocycles. The highest BCUT2D eigenvalue weighted by atomic mass is 15.3. The van der Waals surface area contributed by atoms with Crippen molar-refractivity contribution in [3.63, 3.8) is 0 Å². The highest BCUT2D eigenvalue weighted by Gasteiger charge is 2.16. The normalized spacial score (nSPS) is 13.2. The molecule has 3 heteroatoms. The fraction of sp³-hybridized carbons (Fsp3) is 0.611. The molecule has 0 fully saturated rings. The van der Waals surface area contributed by atoms with Crippen LogP contribution >= 0.6 is 0 Å². The molecule has 1 heterocycles. The third kappa shape index (κ3) is 4.07. The Morgan fingerprint density at radius 2 is 1.95 bits per heavy atom. The summed E-state index contributed by atoms with van der Waals surface area (Å²) in [7, 11) is 0. The lowest BCUT2D eigenvalue weighted by Gasteiger charge is -2.18. The molecule has 1 atom stereocenters. The van der Waals surface area contributed by atoms with Crippen molar-refractivity contribution in [2.24, 2.45) is 11.8 Å². The third-order valence-electron chi connectivity index (χ3n) is 4.00. The summed E-state index contributed by atoms with van der Waals surface area (Å²) in [5.41, 5.74) is 2.53. The van der Waals surface area contributed by atoms with Crippen LogP contribution in [0.1, 0.15) is 39.8 Å². The second-order valence-electron chi connectivity index (χ2n) is 6.29. The van der Waals surface area contributed by atoms with Gasteiger partial charge in [0.05, 0.1) is 11.2 Å². The molecule has 1 N–H and O–H groups in total. The SMILES string of the molecule is CCNCC(Cc1nn(CC)c2ccccc12)CC(C)C. The van der Waals surface area contributed by atoms with Gasteiger partial charge in [-0.3, -0.25) is 4.68 Å². The summed E-state index contributed by atoms with van der Waals surface area (Å²) in [6.07, 6.45) is 2.32. The predicted octanol–water partition coefficient (Wildman–Crippen LogP) is 3.87. The summed E-state index contributed by atoms with van der Waals surface area (Å²) in [4.78, 5) is 0. The maximum atomic E-state index is 4.85. The molecule has 0 bridgehead atoms. The first-order chi connectivity index (χ1) is 10.2. The van der Waals surface area contributed by atoms with E-state index in [1.54, 1.807) is 0 Å². The van der Waals surface area contributed by atoms with Crippen molar-refractivity contribution in [1.82, 2.24) is 15.1 Å². The average Bonchev–Trinajstić information content (AvgIpc) is 2.82. The van der Waals surface area contributed by atoms with E-state index in [-0.39, 0.29) is 0 Å². The highest BCUT2D eigenvalue weighted by molar-refractivity contribution is 5.81. The van der Waals surface area contributed by atoms with Gasteiger partial charge < -0.3 is 5.32 Å². The maximum Gasteiger partial charge on any atom is 0.0706 e. The van der Waals surface area contributed by atoms with E-state index in [1.165, 1.54) is 23.0 Å². The van der Waals surface area contributed by atoms with Gasteiger partial charge in [0.1, 0.15) is 0 Å². The van der Waals surface area contributed by atoms with Gasteiger partial charge >= 0.3 is 0 Å². The van der Waals surface area contributed by atoms with Crippen LogP contribution in [0.4, 0.5) is 0 Å². The first kappa shape index (κ1) is 16.0. The Bertz CT molecular complexity index is 557. The Morgan fingerprint density at radius 1 is 1.19 bits per heavy atom. The molecular weight excluding hydrogens is 258 g/mol.